The molecule has 0 aliphatic heterocycles. The third kappa shape index (κ3) is 4.33. The quantitative estimate of drug-likeness (QED) is 0.806. The van der Waals surface area contributed by atoms with Crippen molar-refractivity contribution in [1.29, 1.82) is 0 Å². The molecule has 1 rings (SSSR count). The van der Waals surface area contributed by atoms with Gasteiger partial charge in [-0.2, -0.15) is 13.2 Å². The number of halogens is 3. The summed E-state index contributed by atoms with van der Waals surface area (Å²) in [5.74, 6) is 0.531. The fourth-order valence-corrected chi connectivity index (χ4v) is 1.94. The normalized spacial score (nSPS) is 12.1. The van der Waals surface area contributed by atoms with Crippen LogP contribution in [0.1, 0.15) is 37.8 Å². The second kappa shape index (κ2) is 6.78. The first kappa shape index (κ1) is 15.0. The Hall–Kier alpha value is -1.03. The van der Waals surface area contributed by atoms with E-state index in [0.29, 0.717) is 11.5 Å². The summed E-state index contributed by atoms with van der Waals surface area (Å²) in [7, 11) is 0. The SMILES string of the molecule is CCC(CC)CNCc1ccccc1C(F)(F)F. The molecule has 0 atom stereocenters. The minimum Gasteiger partial charge on any atom is -0.312 e. The van der Waals surface area contributed by atoms with E-state index in [4.69, 9.17) is 0 Å². The van der Waals surface area contributed by atoms with Gasteiger partial charge in [-0.1, -0.05) is 44.9 Å². The topological polar surface area (TPSA) is 12.0 Å². The van der Waals surface area contributed by atoms with E-state index in [0.717, 1.165) is 25.5 Å². The first-order valence-electron chi connectivity index (χ1n) is 6.34. The van der Waals surface area contributed by atoms with E-state index in [1.54, 1.807) is 6.07 Å². The third-order valence-electron chi connectivity index (χ3n) is 3.23. The van der Waals surface area contributed by atoms with Gasteiger partial charge in [-0.25, -0.2) is 0 Å². The average Bonchev–Trinajstić information content (AvgIpc) is 2.34. The van der Waals surface area contributed by atoms with Crippen LogP contribution in [-0.2, 0) is 12.7 Å². The van der Waals surface area contributed by atoms with Crippen LogP contribution in [0.4, 0.5) is 13.2 Å². The summed E-state index contributed by atoms with van der Waals surface area (Å²) in [4.78, 5) is 0. The molecule has 0 aromatic heterocycles. The molecule has 0 aliphatic rings. The molecule has 0 saturated carbocycles. The maximum atomic E-state index is 12.7. The third-order valence-corrected chi connectivity index (χ3v) is 3.23. The lowest BCUT2D eigenvalue weighted by Gasteiger charge is -2.16. The molecule has 0 unspecified atom stereocenters. The zero-order valence-electron chi connectivity index (χ0n) is 10.8. The molecule has 0 saturated heterocycles. The molecule has 0 amide bonds. The Kier molecular flexibility index (Phi) is 5.66. The van der Waals surface area contributed by atoms with E-state index in [-0.39, 0.29) is 6.54 Å². The van der Waals surface area contributed by atoms with Crippen molar-refractivity contribution >= 4 is 0 Å². The Morgan fingerprint density at radius 1 is 1.11 bits per heavy atom. The minimum absolute atomic E-state index is 0.270. The first-order valence-corrected chi connectivity index (χ1v) is 6.34. The smallest absolute Gasteiger partial charge is 0.312 e. The molecular weight excluding hydrogens is 239 g/mol. The fraction of sp³-hybridized carbons (Fsp3) is 0.571. The van der Waals surface area contributed by atoms with Crippen molar-refractivity contribution in [2.24, 2.45) is 5.92 Å². The molecule has 0 heterocycles. The highest BCUT2D eigenvalue weighted by molar-refractivity contribution is 5.29. The van der Waals surface area contributed by atoms with E-state index < -0.39 is 11.7 Å². The van der Waals surface area contributed by atoms with Gasteiger partial charge in [0.15, 0.2) is 0 Å². The molecule has 4 heteroatoms. The van der Waals surface area contributed by atoms with Crippen molar-refractivity contribution in [1.82, 2.24) is 5.32 Å². The fourth-order valence-electron chi connectivity index (χ4n) is 1.94. The van der Waals surface area contributed by atoms with Gasteiger partial charge in [-0.3, -0.25) is 0 Å². The van der Waals surface area contributed by atoms with E-state index in [9.17, 15) is 13.2 Å². The second-order valence-electron chi connectivity index (χ2n) is 4.47. The molecule has 1 nitrogen and oxygen atoms in total. The van der Waals surface area contributed by atoms with Crippen molar-refractivity contribution in [2.45, 2.75) is 39.4 Å². The maximum absolute atomic E-state index is 12.7. The number of nitrogens with one attached hydrogen (secondary N) is 1. The molecule has 0 aliphatic carbocycles. The Morgan fingerprint density at radius 2 is 1.72 bits per heavy atom. The molecule has 0 radical (unpaired) electrons. The van der Waals surface area contributed by atoms with Crippen LogP contribution in [0.3, 0.4) is 0 Å². The van der Waals surface area contributed by atoms with Gasteiger partial charge in [0.25, 0.3) is 0 Å². The average molecular weight is 259 g/mol. The van der Waals surface area contributed by atoms with Crippen LogP contribution in [0.5, 0.6) is 0 Å². The monoisotopic (exact) mass is 259 g/mol. The molecule has 0 spiro atoms. The molecule has 1 N–H and O–H groups in total. The lowest BCUT2D eigenvalue weighted by Crippen LogP contribution is -2.23. The van der Waals surface area contributed by atoms with Crippen LogP contribution in [0.25, 0.3) is 0 Å². The molecule has 102 valence electrons. The van der Waals surface area contributed by atoms with Gasteiger partial charge >= 0.3 is 6.18 Å². The van der Waals surface area contributed by atoms with Gasteiger partial charge in [-0.15, -0.1) is 0 Å². The number of benzene rings is 1. The van der Waals surface area contributed by atoms with E-state index in [1.807, 2.05) is 0 Å². The van der Waals surface area contributed by atoms with Gasteiger partial charge in [0.05, 0.1) is 5.56 Å². The summed E-state index contributed by atoms with van der Waals surface area (Å²) in [6, 6.07) is 5.73. The van der Waals surface area contributed by atoms with Gasteiger partial charge < -0.3 is 5.32 Å². The van der Waals surface area contributed by atoms with Crippen molar-refractivity contribution in [2.75, 3.05) is 6.54 Å². The zero-order chi connectivity index (χ0) is 13.6. The Balaban J connectivity index is 2.62. The predicted octanol–water partition coefficient (Wildman–Crippen LogP) is 4.23. The summed E-state index contributed by atoms with van der Waals surface area (Å²) in [5, 5.41) is 3.12. The summed E-state index contributed by atoms with van der Waals surface area (Å²) in [5.41, 5.74) is -0.224. The van der Waals surface area contributed by atoms with Gasteiger partial charge in [0, 0.05) is 6.54 Å². The highest BCUT2D eigenvalue weighted by atomic mass is 19.4. The van der Waals surface area contributed by atoms with Crippen LogP contribution in [0.2, 0.25) is 0 Å². The molecule has 1 aromatic rings. The summed E-state index contributed by atoms with van der Waals surface area (Å²) >= 11 is 0. The Bertz CT molecular complexity index is 356. The van der Waals surface area contributed by atoms with Gasteiger partial charge in [0.2, 0.25) is 0 Å². The molecule has 18 heavy (non-hydrogen) atoms. The van der Waals surface area contributed by atoms with Gasteiger partial charge in [-0.05, 0) is 24.1 Å². The molecule has 0 fully saturated rings. The van der Waals surface area contributed by atoms with E-state index in [1.165, 1.54) is 12.1 Å². The Labute approximate surface area is 106 Å². The van der Waals surface area contributed by atoms with E-state index >= 15 is 0 Å². The van der Waals surface area contributed by atoms with Crippen LogP contribution in [0, 0.1) is 5.92 Å². The Morgan fingerprint density at radius 3 is 2.28 bits per heavy atom. The lowest BCUT2D eigenvalue weighted by atomic mass is 10.0. The molecular formula is C14H20F3N. The highest BCUT2D eigenvalue weighted by Gasteiger charge is 2.32. The number of alkyl halides is 3. The van der Waals surface area contributed by atoms with Crippen LogP contribution in [0.15, 0.2) is 24.3 Å². The van der Waals surface area contributed by atoms with Crippen LogP contribution < -0.4 is 5.32 Å². The number of hydrogen-bond acceptors (Lipinski definition) is 1. The minimum atomic E-state index is -4.27. The number of hydrogen-bond donors (Lipinski definition) is 1. The summed E-state index contributed by atoms with van der Waals surface area (Å²) in [6.45, 7) is 5.23. The maximum Gasteiger partial charge on any atom is 0.416 e. The summed E-state index contributed by atoms with van der Waals surface area (Å²) in [6.07, 6.45) is -2.18. The number of rotatable bonds is 6. The van der Waals surface area contributed by atoms with E-state index in [2.05, 4.69) is 19.2 Å². The van der Waals surface area contributed by atoms with Crippen LogP contribution in [-0.4, -0.2) is 6.54 Å². The second-order valence-corrected chi connectivity index (χ2v) is 4.47. The van der Waals surface area contributed by atoms with Crippen LogP contribution >= 0.6 is 0 Å². The summed E-state index contributed by atoms with van der Waals surface area (Å²) < 4.78 is 38.2. The molecule has 0 bridgehead atoms. The van der Waals surface area contributed by atoms with Crippen molar-refractivity contribution in [3.05, 3.63) is 35.4 Å². The van der Waals surface area contributed by atoms with Gasteiger partial charge in [0.1, 0.15) is 0 Å². The first-order chi connectivity index (χ1) is 8.49. The van der Waals surface area contributed by atoms with Crippen molar-refractivity contribution in [3.63, 3.8) is 0 Å². The largest absolute Gasteiger partial charge is 0.416 e. The predicted molar refractivity (Wildman–Crippen MR) is 67.2 cm³/mol. The lowest BCUT2D eigenvalue weighted by molar-refractivity contribution is -0.138. The molecule has 1 aromatic carbocycles. The standard InChI is InChI=1S/C14H20F3N/c1-3-11(4-2)9-18-10-12-7-5-6-8-13(12)14(15,16)17/h5-8,11,18H,3-4,9-10H2,1-2H3. The highest BCUT2D eigenvalue weighted by Crippen LogP contribution is 2.31. The zero-order valence-corrected chi connectivity index (χ0v) is 10.8. The van der Waals surface area contributed by atoms with Crippen molar-refractivity contribution in [3.8, 4) is 0 Å². The van der Waals surface area contributed by atoms with Crippen molar-refractivity contribution < 1.29 is 13.2 Å².